The van der Waals surface area contributed by atoms with Gasteiger partial charge in [-0.15, -0.1) is 0 Å². The Kier molecular flexibility index (Phi) is 4.03. The summed E-state index contributed by atoms with van der Waals surface area (Å²) in [6, 6.07) is 10.5. The summed E-state index contributed by atoms with van der Waals surface area (Å²) in [6.45, 7) is 0.768. The zero-order chi connectivity index (χ0) is 10.6. The third-order valence-electron chi connectivity index (χ3n) is 3.15. The zero-order valence-corrected chi connectivity index (χ0v) is 11.1. The molecule has 2 rings (SSSR count). The summed E-state index contributed by atoms with van der Waals surface area (Å²) in [5.41, 5.74) is 1.46. The molecule has 0 aromatic heterocycles. The van der Waals surface area contributed by atoms with Crippen molar-refractivity contribution in [2.45, 2.75) is 37.9 Å². The van der Waals surface area contributed by atoms with Crippen molar-refractivity contribution >= 4 is 22.6 Å². The average molecular weight is 316 g/mol. The van der Waals surface area contributed by atoms with Crippen LogP contribution in [0.2, 0.25) is 0 Å². The summed E-state index contributed by atoms with van der Waals surface area (Å²) in [4.78, 5) is 0. The number of hydrogen-bond donors (Lipinski definition) is 0. The second-order valence-electron chi connectivity index (χ2n) is 4.30. The van der Waals surface area contributed by atoms with Crippen LogP contribution in [0.15, 0.2) is 30.3 Å². The van der Waals surface area contributed by atoms with E-state index < -0.39 is 0 Å². The highest BCUT2D eigenvalue weighted by atomic mass is 127. The third-order valence-corrected chi connectivity index (χ3v) is 4.54. The predicted molar refractivity (Wildman–Crippen MR) is 71.3 cm³/mol. The summed E-state index contributed by atoms with van der Waals surface area (Å²) in [6.07, 6.45) is 5.14. The normalized spacial score (nSPS) is 19.3. The first-order valence-corrected chi connectivity index (χ1v) is 7.11. The molecule has 1 aliphatic carbocycles. The lowest BCUT2D eigenvalue weighted by Crippen LogP contribution is -2.30. The van der Waals surface area contributed by atoms with E-state index in [9.17, 15) is 0 Å². The van der Waals surface area contributed by atoms with Crippen molar-refractivity contribution < 1.29 is 4.74 Å². The summed E-state index contributed by atoms with van der Waals surface area (Å²) < 4.78 is 7.24. The van der Waals surface area contributed by atoms with E-state index in [4.69, 9.17) is 4.74 Å². The molecule has 0 spiro atoms. The molecule has 0 heterocycles. The molecule has 0 unspecified atom stereocenters. The molecule has 0 atom stereocenters. The first-order chi connectivity index (χ1) is 7.35. The van der Waals surface area contributed by atoms with Crippen LogP contribution in [-0.4, -0.2) is 10.0 Å². The van der Waals surface area contributed by atoms with Crippen LogP contribution in [0.5, 0.6) is 0 Å². The maximum Gasteiger partial charge on any atom is 0.0776 e. The van der Waals surface area contributed by atoms with Gasteiger partial charge in [-0.05, 0) is 18.4 Å². The number of ether oxygens (including phenoxy) is 1. The van der Waals surface area contributed by atoms with Gasteiger partial charge in [0.05, 0.1) is 12.2 Å². The van der Waals surface area contributed by atoms with Crippen LogP contribution in [-0.2, 0) is 11.3 Å². The van der Waals surface area contributed by atoms with E-state index >= 15 is 0 Å². The summed E-state index contributed by atoms with van der Waals surface area (Å²) in [5.74, 6) is 0. The SMILES string of the molecule is ICC1(OCc2ccccc2)CCCC1. The van der Waals surface area contributed by atoms with Gasteiger partial charge in [0, 0.05) is 4.43 Å². The Labute approximate surface area is 105 Å². The number of benzene rings is 1. The monoisotopic (exact) mass is 316 g/mol. The lowest BCUT2D eigenvalue weighted by molar-refractivity contribution is -0.0317. The molecule has 0 saturated heterocycles. The topological polar surface area (TPSA) is 9.23 Å². The van der Waals surface area contributed by atoms with Crippen LogP contribution in [0.25, 0.3) is 0 Å². The van der Waals surface area contributed by atoms with Gasteiger partial charge in [-0.3, -0.25) is 0 Å². The highest BCUT2D eigenvalue weighted by Gasteiger charge is 2.33. The zero-order valence-electron chi connectivity index (χ0n) is 8.92. The lowest BCUT2D eigenvalue weighted by atomic mass is 10.1. The summed E-state index contributed by atoms with van der Waals surface area (Å²) in [7, 11) is 0. The maximum atomic E-state index is 6.12. The second kappa shape index (κ2) is 5.30. The maximum absolute atomic E-state index is 6.12. The van der Waals surface area contributed by atoms with E-state index in [0.717, 1.165) is 11.0 Å². The van der Waals surface area contributed by atoms with Gasteiger partial charge in [0.1, 0.15) is 0 Å². The van der Waals surface area contributed by atoms with Gasteiger partial charge in [0.2, 0.25) is 0 Å². The highest BCUT2D eigenvalue weighted by molar-refractivity contribution is 14.1. The standard InChI is InChI=1S/C13H17IO/c14-11-13(8-4-5-9-13)15-10-12-6-2-1-3-7-12/h1-3,6-7H,4-5,8-11H2. The van der Waals surface area contributed by atoms with Crippen LogP contribution in [0, 0.1) is 0 Å². The van der Waals surface area contributed by atoms with Gasteiger partial charge in [0.15, 0.2) is 0 Å². The van der Waals surface area contributed by atoms with Gasteiger partial charge in [0.25, 0.3) is 0 Å². The van der Waals surface area contributed by atoms with E-state index in [0.29, 0.717) is 0 Å². The van der Waals surface area contributed by atoms with Crippen LogP contribution in [0.1, 0.15) is 31.2 Å². The molecule has 82 valence electrons. The van der Waals surface area contributed by atoms with Gasteiger partial charge in [-0.1, -0.05) is 65.8 Å². The van der Waals surface area contributed by atoms with Crippen molar-refractivity contribution in [3.63, 3.8) is 0 Å². The molecule has 0 aliphatic heterocycles. The van der Waals surface area contributed by atoms with Gasteiger partial charge < -0.3 is 4.74 Å². The van der Waals surface area contributed by atoms with Crippen molar-refractivity contribution in [3.05, 3.63) is 35.9 Å². The van der Waals surface area contributed by atoms with Crippen LogP contribution in [0.3, 0.4) is 0 Å². The first-order valence-electron chi connectivity index (χ1n) is 5.58. The van der Waals surface area contributed by atoms with E-state index in [2.05, 4.69) is 46.9 Å². The quantitative estimate of drug-likeness (QED) is 0.604. The first kappa shape index (κ1) is 11.4. The smallest absolute Gasteiger partial charge is 0.0776 e. The molecule has 0 bridgehead atoms. The largest absolute Gasteiger partial charge is 0.370 e. The minimum atomic E-state index is 0.177. The fourth-order valence-electron chi connectivity index (χ4n) is 2.15. The Bertz CT molecular complexity index is 291. The van der Waals surface area contributed by atoms with Crippen molar-refractivity contribution in [3.8, 4) is 0 Å². The van der Waals surface area contributed by atoms with E-state index in [-0.39, 0.29) is 5.60 Å². The van der Waals surface area contributed by atoms with E-state index in [1.54, 1.807) is 0 Å². The van der Waals surface area contributed by atoms with Crippen LogP contribution < -0.4 is 0 Å². The van der Waals surface area contributed by atoms with Crippen molar-refractivity contribution in [2.24, 2.45) is 0 Å². The molecule has 2 heteroatoms. The molecule has 1 nitrogen and oxygen atoms in total. The molecule has 1 aliphatic rings. The van der Waals surface area contributed by atoms with E-state index in [1.165, 1.54) is 31.2 Å². The van der Waals surface area contributed by atoms with Crippen LogP contribution >= 0.6 is 22.6 Å². The van der Waals surface area contributed by atoms with Gasteiger partial charge >= 0.3 is 0 Å². The summed E-state index contributed by atoms with van der Waals surface area (Å²) >= 11 is 2.46. The fourth-order valence-corrected chi connectivity index (χ4v) is 3.13. The molecular formula is C13H17IO. The van der Waals surface area contributed by atoms with Crippen molar-refractivity contribution in [1.29, 1.82) is 0 Å². The van der Waals surface area contributed by atoms with Gasteiger partial charge in [-0.2, -0.15) is 0 Å². The molecule has 15 heavy (non-hydrogen) atoms. The molecule has 1 saturated carbocycles. The molecule has 1 aromatic carbocycles. The Morgan fingerprint density at radius 1 is 1.13 bits per heavy atom. The van der Waals surface area contributed by atoms with Crippen molar-refractivity contribution in [2.75, 3.05) is 4.43 Å². The van der Waals surface area contributed by atoms with Crippen LogP contribution in [0.4, 0.5) is 0 Å². The second-order valence-corrected chi connectivity index (χ2v) is 5.06. The third kappa shape index (κ3) is 2.94. The Hall–Kier alpha value is -0.0900. The molecule has 0 N–H and O–H groups in total. The number of rotatable bonds is 4. The average Bonchev–Trinajstić information content (AvgIpc) is 2.77. The molecule has 1 fully saturated rings. The predicted octanol–water partition coefficient (Wildman–Crippen LogP) is 3.95. The Balaban J connectivity index is 1.92. The lowest BCUT2D eigenvalue weighted by Gasteiger charge is -2.27. The highest BCUT2D eigenvalue weighted by Crippen LogP contribution is 2.35. The minimum absolute atomic E-state index is 0.177. The Morgan fingerprint density at radius 3 is 2.40 bits per heavy atom. The summed E-state index contributed by atoms with van der Waals surface area (Å²) in [5, 5.41) is 0. The number of hydrogen-bond acceptors (Lipinski definition) is 1. The van der Waals surface area contributed by atoms with E-state index in [1.807, 2.05) is 6.07 Å². The number of halogens is 1. The van der Waals surface area contributed by atoms with Gasteiger partial charge in [-0.25, -0.2) is 0 Å². The van der Waals surface area contributed by atoms with Crippen molar-refractivity contribution in [1.82, 2.24) is 0 Å². The molecule has 0 radical (unpaired) electrons. The number of alkyl halides is 1. The minimum Gasteiger partial charge on any atom is -0.370 e. The Morgan fingerprint density at radius 2 is 1.80 bits per heavy atom. The fraction of sp³-hybridized carbons (Fsp3) is 0.538. The molecule has 1 aromatic rings. The molecule has 0 amide bonds. The molecular weight excluding hydrogens is 299 g/mol.